The SMILES string of the molecule is O=C(CNc1cccc(-n2cccn2)c1)N/N=C/c1ccncc1. The molecule has 0 fully saturated rings. The Morgan fingerprint density at radius 2 is 2.04 bits per heavy atom. The Balaban J connectivity index is 1.51. The van der Waals surface area contributed by atoms with Gasteiger partial charge in [-0.3, -0.25) is 9.78 Å². The molecule has 1 aromatic carbocycles. The van der Waals surface area contributed by atoms with Gasteiger partial charge >= 0.3 is 0 Å². The number of hydrazone groups is 1. The Kier molecular flexibility index (Phi) is 4.94. The number of rotatable bonds is 6. The van der Waals surface area contributed by atoms with E-state index in [1.165, 1.54) is 0 Å². The molecule has 0 unspecified atom stereocenters. The summed E-state index contributed by atoms with van der Waals surface area (Å²) in [6.45, 7) is 0.121. The number of benzene rings is 1. The molecule has 0 aliphatic rings. The molecule has 120 valence electrons. The molecule has 0 bridgehead atoms. The van der Waals surface area contributed by atoms with Gasteiger partial charge in [-0.25, -0.2) is 10.1 Å². The lowest BCUT2D eigenvalue weighted by molar-refractivity contribution is -0.119. The van der Waals surface area contributed by atoms with Crippen LogP contribution in [0.3, 0.4) is 0 Å². The summed E-state index contributed by atoms with van der Waals surface area (Å²) in [6, 6.07) is 13.1. The van der Waals surface area contributed by atoms with Gasteiger partial charge in [-0.1, -0.05) is 6.07 Å². The van der Waals surface area contributed by atoms with Gasteiger partial charge in [-0.2, -0.15) is 10.2 Å². The molecular weight excluding hydrogens is 304 g/mol. The maximum Gasteiger partial charge on any atom is 0.259 e. The third-order valence-corrected chi connectivity index (χ3v) is 3.18. The van der Waals surface area contributed by atoms with Gasteiger partial charge in [0.2, 0.25) is 0 Å². The van der Waals surface area contributed by atoms with Crippen molar-refractivity contribution < 1.29 is 4.79 Å². The molecule has 0 saturated heterocycles. The van der Waals surface area contributed by atoms with Crippen LogP contribution in [0.1, 0.15) is 5.56 Å². The smallest absolute Gasteiger partial charge is 0.259 e. The van der Waals surface area contributed by atoms with Gasteiger partial charge in [-0.05, 0) is 42.0 Å². The van der Waals surface area contributed by atoms with Crippen LogP contribution in [-0.2, 0) is 4.79 Å². The van der Waals surface area contributed by atoms with Crippen LogP contribution < -0.4 is 10.7 Å². The molecule has 0 atom stereocenters. The summed E-state index contributed by atoms with van der Waals surface area (Å²) in [7, 11) is 0. The predicted octanol–water partition coefficient (Wildman–Crippen LogP) is 1.83. The molecule has 3 aromatic rings. The first-order valence-corrected chi connectivity index (χ1v) is 7.37. The number of aromatic nitrogens is 3. The summed E-state index contributed by atoms with van der Waals surface area (Å²) in [5, 5.41) is 11.1. The minimum Gasteiger partial charge on any atom is -0.376 e. The van der Waals surface area contributed by atoms with Crippen LogP contribution in [0.25, 0.3) is 5.69 Å². The summed E-state index contributed by atoms with van der Waals surface area (Å²) in [6.07, 6.45) is 8.47. The van der Waals surface area contributed by atoms with Crippen LogP contribution in [0.4, 0.5) is 5.69 Å². The van der Waals surface area contributed by atoms with Gasteiger partial charge in [0.1, 0.15) is 0 Å². The Morgan fingerprint density at radius 3 is 2.83 bits per heavy atom. The highest BCUT2D eigenvalue weighted by Gasteiger charge is 2.01. The van der Waals surface area contributed by atoms with Gasteiger partial charge in [-0.15, -0.1) is 0 Å². The Hall–Kier alpha value is -3.48. The third-order valence-electron chi connectivity index (χ3n) is 3.18. The highest BCUT2D eigenvalue weighted by atomic mass is 16.2. The lowest BCUT2D eigenvalue weighted by atomic mass is 10.3. The number of nitrogens with zero attached hydrogens (tertiary/aromatic N) is 4. The molecule has 7 nitrogen and oxygen atoms in total. The summed E-state index contributed by atoms with van der Waals surface area (Å²) in [4.78, 5) is 15.7. The summed E-state index contributed by atoms with van der Waals surface area (Å²) >= 11 is 0. The Morgan fingerprint density at radius 1 is 1.17 bits per heavy atom. The molecule has 0 spiro atoms. The standard InChI is InChI=1S/C17H16N6O/c24-17(22-20-12-14-5-8-18-9-6-14)13-19-15-3-1-4-16(11-15)23-10-2-7-21-23/h1-12,19H,13H2,(H,22,24)/b20-12+. The maximum absolute atomic E-state index is 11.8. The predicted molar refractivity (Wildman–Crippen MR) is 92.0 cm³/mol. The molecule has 0 aliphatic carbocycles. The number of nitrogens with one attached hydrogen (secondary N) is 2. The zero-order valence-corrected chi connectivity index (χ0v) is 12.8. The summed E-state index contributed by atoms with van der Waals surface area (Å²) in [5.74, 6) is -0.232. The van der Waals surface area contributed by atoms with Gasteiger partial charge < -0.3 is 5.32 Å². The van der Waals surface area contributed by atoms with Crippen molar-refractivity contribution in [2.24, 2.45) is 5.10 Å². The van der Waals surface area contributed by atoms with Gasteiger partial charge in [0, 0.05) is 30.5 Å². The average Bonchev–Trinajstić information content (AvgIpc) is 3.16. The molecular formula is C17H16N6O. The number of carbonyl (C=O) groups is 1. The van der Waals surface area contributed by atoms with Crippen LogP contribution in [0.2, 0.25) is 0 Å². The second kappa shape index (κ2) is 7.68. The molecule has 2 N–H and O–H groups in total. The highest BCUT2D eigenvalue weighted by molar-refractivity contribution is 5.84. The topological polar surface area (TPSA) is 84.2 Å². The fourth-order valence-electron chi connectivity index (χ4n) is 2.03. The quantitative estimate of drug-likeness (QED) is 0.536. The van der Waals surface area contributed by atoms with Crippen molar-refractivity contribution in [3.05, 3.63) is 72.8 Å². The molecule has 0 saturated carbocycles. The maximum atomic E-state index is 11.8. The molecule has 1 amide bonds. The van der Waals surface area contributed by atoms with E-state index in [0.717, 1.165) is 16.9 Å². The van der Waals surface area contributed by atoms with E-state index < -0.39 is 0 Å². The number of amides is 1. The number of anilines is 1. The van der Waals surface area contributed by atoms with Crippen LogP contribution >= 0.6 is 0 Å². The lowest BCUT2D eigenvalue weighted by Gasteiger charge is -2.07. The summed E-state index contributed by atoms with van der Waals surface area (Å²) < 4.78 is 1.75. The van der Waals surface area contributed by atoms with Crippen molar-refractivity contribution in [1.82, 2.24) is 20.2 Å². The van der Waals surface area contributed by atoms with Crippen molar-refractivity contribution in [1.29, 1.82) is 0 Å². The van der Waals surface area contributed by atoms with Crippen molar-refractivity contribution >= 4 is 17.8 Å². The van der Waals surface area contributed by atoms with Crippen molar-refractivity contribution in [2.45, 2.75) is 0 Å². The first kappa shape index (κ1) is 15.4. The van der Waals surface area contributed by atoms with E-state index in [0.29, 0.717) is 0 Å². The lowest BCUT2D eigenvalue weighted by Crippen LogP contribution is -2.25. The monoisotopic (exact) mass is 320 g/mol. The molecule has 2 heterocycles. The Labute approximate surface area is 139 Å². The van der Waals surface area contributed by atoms with Gasteiger partial charge in [0.25, 0.3) is 5.91 Å². The number of pyridine rings is 1. The van der Waals surface area contributed by atoms with Gasteiger partial charge in [0.15, 0.2) is 0 Å². The molecule has 24 heavy (non-hydrogen) atoms. The average molecular weight is 320 g/mol. The second-order valence-electron chi connectivity index (χ2n) is 4.93. The highest BCUT2D eigenvalue weighted by Crippen LogP contribution is 2.13. The largest absolute Gasteiger partial charge is 0.376 e. The van der Waals surface area contributed by atoms with E-state index in [2.05, 4.69) is 25.9 Å². The molecule has 3 rings (SSSR count). The van der Waals surface area contributed by atoms with E-state index in [1.54, 1.807) is 41.6 Å². The van der Waals surface area contributed by atoms with Crippen LogP contribution in [0.15, 0.2) is 72.4 Å². The fraction of sp³-hybridized carbons (Fsp3) is 0.0588. The van der Waals surface area contributed by atoms with E-state index in [1.807, 2.05) is 36.5 Å². The van der Waals surface area contributed by atoms with Crippen LogP contribution in [0, 0.1) is 0 Å². The third kappa shape index (κ3) is 4.26. The normalized spacial score (nSPS) is 10.7. The second-order valence-corrected chi connectivity index (χ2v) is 4.93. The first-order chi connectivity index (χ1) is 11.8. The van der Waals surface area contributed by atoms with E-state index >= 15 is 0 Å². The van der Waals surface area contributed by atoms with Crippen molar-refractivity contribution in [3.63, 3.8) is 0 Å². The summed E-state index contributed by atoms with van der Waals surface area (Å²) in [5.41, 5.74) is 5.09. The van der Waals surface area contributed by atoms with Crippen LogP contribution in [0.5, 0.6) is 0 Å². The molecule has 7 heteroatoms. The zero-order valence-electron chi connectivity index (χ0n) is 12.8. The van der Waals surface area contributed by atoms with Crippen molar-refractivity contribution in [3.8, 4) is 5.69 Å². The number of carbonyl (C=O) groups excluding carboxylic acids is 1. The zero-order chi connectivity index (χ0) is 16.6. The fourth-order valence-corrected chi connectivity index (χ4v) is 2.03. The van der Waals surface area contributed by atoms with E-state index in [-0.39, 0.29) is 12.5 Å². The van der Waals surface area contributed by atoms with Gasteiger partial charge in [0.05, 0.1) is 18.4 Å². The van der Waals surface area contributed by atoms with Crippen molar-refractivity contribution in [2.75, 3.05) is 11.9 Å². The van der Waals surface area contributed by atoms with E-state index in [9.17, 15) is 4.79 Å². The molecule has 0 aliphatic heterocycles. The Bertz CT molecular complexity index is 814. The molecule has 2 aromatic heterocycles. The number of hydrogen-bond acceptors (Lipinski definition) is 5. The van der Waals surface area contributed by atoms with E-state index in [4.69, 9.17) is 0 Å². The molecule has 0 radical (unpaired) electrons. The number of hydrogen-bond donors (Lipinski definition) is 2. The minimum atomic E-state index is -0.232. The minimum absolute atomic E-state index is 0.121. The first-order valence-electron chi connectivity index (χ1n) is 7.37. The van der Waals surface area contributed by atoms with Crippen LogP contribution in [-0.4, -0.2) is 33.4 Å².